The number of benzene rings is 1. The fraction of sp³-hybridized carbons (Fsp3) is 0.438. The van der Waals surface area contributed by atoms with Crippen LogP contribution >= 0.6 is 23.1 Å². The Kier molecular flexibility index (Phi) is 6.56. The molecule has 0 saturated heterocycles. The molecule has 0 radical (unpaired) electrons. The van der Waals surface area contributed by atoms with E-state index in [-0.39, 0.29) is 11.9 Å². The van der Waals surface area contributed by atoms with Crippen molar-refractivity contribution in [2.45, 2.75) is 24.2 Å². The van der Waals surface area contributed by atoms with Crippen LogP contribution in [0.2, 0.25) is 0 Å². The molecule has 1 amide bonds. The number of carbonyl (C=O) groups excluding carboxylic acids is 1. The van der Waals surface area contributed by atoms with Crippen LogP contribution in [0.15, 0.2) is 28.6 Å². The van der Waals surface area contributed by atoms with Gasteiger partial charge in [0.15, 0.2) is 4.34 Å². The maximum Gasteiger partial charge on any atom is 0.241 e. The van der Waals surface area contributed by atoms with Crippen molar-refractivity contribution in [2.75, 3.05) is 26.4 Å². The zero-order chi connectivity index (χ0) is 16.8. The second-order valence-corrected chi connectivity index (χ2v) is 8.03. The van der Waals surface area contributed by atoms with Crippen molar-refractivity contribution in [1.29, 1.82) is 0 Å². The van der Waals surface area contributed by atoms with Crippen LogP contribution in [0.3, 0.4) is 0 Å². The first-order valence-electron chi connectivity index (χ1n) is 7.41. The maximum atomic E-state index is 12.5. The molecule has 0 aliphatic heterocycles. The van der Waals surface area contributed by atoms with E-state index in [4.69, 9.17) is 0 Å². The number of nitrogens with zero attached hydrogens (tertiary/aromatic N) is 3. The van der Waals surface area contributed by atoms with Crippen molar-refractivity contribution < 1.29 is 4.79 Å². The predicted octanol–water partition coefficient (Wildman–Crippen LogP) is 2.67. The Labute approximate surface area is 145 Å². The first kappa shape index (κ1) is 17.9. The van der Waals surface area contributed by atoms with Crippen LogP contribution in [0.4, 0.5) is 0 Å². The summed E-state index contributed by atoms with van der Waals surface area (Å²) in [7, 11) is 3.84. The number of carbonyl (C=O) groups is 1. The van der Waals surface area contributed by atoms with Gasteiger partial charge < -0.3 is 5.32 Å². The Bertz CT molecular complexity index is 657. The summed E-state index contributed by atoms with van der Waals surface area (Å²) in [6.45, 7) is 4.58. The van der Waals surface area contributed by atoms with Crippen molar-refractivity contribution in [3.8, 4) is 0 Å². The Hall–Kier alpha value is -1.44. The first-order valence-corrected chi connectivity index (χ1v) is 9.21. The van der Waals surface area contributed by atoms with Gasteiger partial charge in [0, 0.05) is 12.3 Å². The predicted molar refractivity (Wildman–Crippen MR) is 96.0 cm³/mol. The van der Waals surface area contributed by atoms with Gasteiger partial charge in [0.1, 0.15) is 11.0 Å². The van der Waals surface area contributed by atoms with E-state index in [1.165, 1.54) is 0 Å². The average Bonchev–Trinajstić information content (AvgIpc) is 2.89. The third-order valence-electron chi connectivity index (χ3n) is 3.26. The van der Waals surface area contributed by atoms with Gasteiger partial charge >= 0.3 is 0 Å². The van der Waals surface area contributed by atoms with Crippen LogP contribution in [-0.4, -0.2) is 47.4 Å². The lowest BCUT2D eigenvalue weighted by molar-refractivity contribution is -0.125. The highest BCUT2D eigenvalue weighted by Gasteiger charge is 2.22. The quantitative estimate of drug-likeness (QED) is 0.614. The van der Waals surface area contributed by atoms with Gasteiger partial charge in [0.25, 0.3) is 0 Å². The monoisotopic (exact) mass is 350 g/mol. The molecule has 5 nitrogen and oxygen atoms in total. The third kappa shape index (κ3) is 5.30. The van der Waals surface area contributed by atoms with Crippen LogP contribution in [-0.2, 0) is 4.79 Å². The molecule has 0 spiro atoms. The fourth-order valence-electron chi connectivity index (χ4n) is 2.27. The summed E-state index contributed by atoms with van der Waals surface area (Å²) >= 11 is 3.19. The van der Waals surface area contributed by atoms with E-state index in [9.17, 15) is 4.79 Å². The average molecular weight is 351 g/mol. The molecule has 1 unspecified atom stereocenters. The number of aryl methyl sites for hydroxylation is 2. The third-order valence-corrected chi connectivity index (χ3v) is 5.23. The lowest BCUT2D eigenvalue weighted by Crippen LogP contribution is -2.38. The van der Waals surface area contributed by atoms with E-state index >= 15 is 0 Å². The second-order valence-electron chi connectivity index (χ2n) is 5.51. The van der Waals surface area contributed by atoms with Crippen molar-refractivity contribution in [3.63, 3.8) is 0 Å². The molecular formula is C16H22N4OS2. The molecule has 1 heterocycles. The summed E-state index contributed by atoms with van der Waals surface area (Å²) in [4.78, 5) is 14.5. The van der Waals surface area contributed by atoms with E-state index < -0.39 is 0 Å². The molecule has 23 heavy (non-hydrogen) atoms. The molecule has 7 heteroatoms. The highest BCUT2D eigenvalue weighted by molar-refractivity contribution is 8.01. The van der Waals surface area contributed by atoms with Crippen molar-refractivity contribution in [2.24, 2.45) is 0 Å². The van der Waals surface area contributed by atoms with Crippen molar-refractivity contribution in [1.82, 2.24) is 20.4 Å². The molecule has 1 atom stereocenters. The lowest BCUT2D eigenvalue weighted by atomic mass is 10.0. The topological polar surface area (TPSA) is 58.1 Å². The van der Waals surface area contributed by atoms with Gasteiger partial charge in [0.2, 0.25) is 5.91 Å². The molecule has 1 N–H and O–H groups in total. The number of nitrogens with one attached hydrogen (secondary N) is 1. The Morgan fingerprint density at radius 3 is 2.74 bits per heavy atom. The molecule has 0 bridgehead atoms. The number of thioether (sulfide) groups is 1. The molecule has 0 aliphatic carbocycles. The first-order chi connectivity index (χ1) is 11.0. The minimum absolute atomic E-state index is 0.0228. The molecule has 2 rings (SSSR count). The highest BCUT2D eigenvalue weighted by Crippen LogP contribution is 2.22. The normalized spacial score (nSPS) is 12.4. The van der Waals surface area contributed by atoms with Gasteiger partial charge in [-0.3, -0.25) is 9.69 Å². The molecular weight excluding hydrogens is 328 g/mol. The van der Waals surface area contributed by atoms with Crippen LogP contribution < -0.4 is 5.32 Å². The van der Waals surface area contributed by atoms with Gasteiger partial charge in [-0.05, 0) is 33.5 Å². The van der Waals surface area contributed by atoms with Crippen LogP contribution in [0.25, 0.3) is 0 Å². The zero-order valence-electron chi connectivity index (χ0n) is 13.9. The van der Waals surface area contributed by atoms with Crippen LogP contribution in [0.1, 0.15) is 22.2 Å². The van der Waals surface area contributed by atoms with E-state index in [1.807, 2.05) is 51.0 Å². The molecule has 0 aliphatic rings. The minimum atomic E-state index is -0.274. The molecule has 1 aromatic heterocycles. The number of hydrogen-bond acceptors (Lipinski definition) is 6. The summed E-state index contributed by atoms with van der Waals surface area (Å²) in [6, 6.07) is 7.80. The van der Waals surface area contributed by atoms with Gasteiger partial charge in [-0.2, -0.15) is 0 Å². The second kappa shape index (κ2) is 8.42. The molecule has 1 aromatic carbocycles. The molecule has 0 saturated carbocycles. The Morgan fingerprint density at radius 2 is 2.13 bits per heavy atom. The standard InChI is InChI=1S/C16H22N4OS2/c1-11-6-5-7-13(10-11)14(20(3)4)15(21)17-8-9-22-16-19-18-12(2)23-16/h5-7,10,14H,8-9H2,1-4H3,(H,17,21). The molecule has 124 valence electrons. The van der Waals surface area contributed by atoms with Crippen molar-refractivity contribution in [3.05, 3.63) is 40.4 Å². The van der Waals surface area contributed by atoms with Gasteiger partial charge in [-0.1, -0.05) is 52.9 Å². The number of rotatable bonds is 7. The number of amides is 1. The summed E-state index contributed by atoms with van der Waals surface area (Å²) in [5, 5.41) is 12.0. The number of aromatic nitrogens is 2. The SMILES string of the molecule is Cc1cccc(C(C(=O)NCCSc2nnc(C)s2)N(C)C)c1. The molecule has 0 fully saturated rings. The summed E-state index contributed by atoms with van der Waals surface area (Å²) in [5.41, 5.74) is 2.17. The van der Waals surface area contributed by atoms with Gasteiger partial charge in [-0.25, -0.2) is 0 Å². The fourth-order valence-corrected chi connectivity index (χ4v) is 4.01. The van der Waals surface area contributed by atoms with Gasteiger partial charge in [-0.15, -0.1) is 10.2 Å². The van der Waals surface area contributed by atoms with E-state index in [2.05, 4.69) is 21.6 Å². The largest absolute Gasteiger partial charge is 0.354 e. The summed E-state index contributed by atoms with van der Waals surface area (Å²) < 4.78 is 0.944. The van der Waals surface area contributed by atoms with Crippen LogP contribution in [0, 0.1) is 13.8 Å². The van der Waals surface area contributed by atoms with Crippen LogP contribution in [0.5, 0.6) is 0 Å². The number of hydrogen-bond donors (Lipinski definition) is 1. The van der Waals surface area contributed by atoms with E-state index in [1.54, 1.807) is 23.1 Å². The van der Waals surface area contributed by atoms with Crippen molar-refractivity contribution >= 4 is 29.0 Å². The maximum absolute atomic E-state index is 12.5. The van der Waals surface area contributed by atoms with E-state index in [0.29, 0.717) is 6.54 Å². The minimum Gasteiger partial charge on any atom is -0.354 e. The van der Waals surface area contributed by atoms with Gasteiger partial charge in [0.05, 0.1) is 0 Å². The smallest absolute Gasteiger partial charge is 0.241 e. The van der Waals surface area contributed by atoms with E-state index in [0.717, 1.165) is 26.2 Å². The number of likely N-dealkylation sites (N-methyl/N-ethyl adjacent to an activating group) is 1. The summed E-state index contributed by atoms with van der Waals surface area (Å²) in [5.74, 6) is 0.809. The molecule has 2 aromatic rings. The zero-order valence-corrected chi connectivity index (χ0v) is 15.5. The Balaban J connectivity index is 1.88. The highest BCUT2D eigenvalue weighted by atomic mass is 32.2. The summed E-state index contributed by atoms with van der Waals surface area (Å²) in [6.07, 6.45) is 0. The Morgan fingerprint density at radius 1 is 1.35 bits per heavy atom. The lowest BCUT2D eigenvalue weighted by Gasteiger charge is -2.24.